The molecule has 1 aromatic carbocycles. The van der Waals surface area contributed by atoms with Gasteiger partial charge in [-0.3, -0.25) is 19.3 Å². The molecule has 0 spiro atoms. The highest BCUT2D eigenvalue weighted by Crippen LogP contribution is 2.22. The number of carbonyl (C=O) groups excluding carboxylic acids is 1. The van der Waals surface area contributed by atoms with Gasteiger partial charge in [-0.05, 0) is 24.3 Å². The molecule has 23 heavy (non-hydrogen) atoms. The SMILES string of the molecule is Nc1ccc(C(=O)NCc2nnc3ccccn23)cc1[N+](=O)[O-]. The van der Waals surface area contributed by atoms with Crippen LogP contribution >= 0.6 is 0 Å². The fourth-order valence-corrected chi connectivity index (χ4v) is 2.12. The first-order chi connectivity index (χ1) is 11.1. The van der Waals surface area contributed by atoms with Crippen LogP contribution in [-0.4, -0.2) is 25.4 Å². The van der Waals surface area contributed by atoms with Crippen LogP contribution in [0.2, 0.25) is 0 Å². The van der Waals surface area contributed by atoms with Gasteiger partial charge < -0.3 is 11.1 Å². The number of hydrogen-bond donors (Lipinski definition) is 2. The van der Waals surface area contributed by atoms with Crippen LogP contribution in [0.25, 0.3) is 5.65 Å². The van der Waals surface area contributed by atoms with Crippen LogP contribution in [0.15, 0.2) is 42.6 Å². The van der Waals surface area contributed by atoms with Gasteiger partial charge in [-0.15, -0.1) is 10.2 Å². The summed E-state index contributed by atoms with van der Waals surface area (Å²) in [5.74, 6) is 0.0969. The first-order valence-corrected chi connectivity index (χ1v) is 6.67. The number of nitro benzene ring substituents is 1. The Hall–Kier alpha value is -3.49. The molecule has 0 radical (unpaired) electrons. The van der Waals surface area contributed by atoms with Gasteiger partial charge in [0.05, 0.1) is 11.5 Å². The highest BCUT2D eigenvalue weighted by atomic mass is 16.6. The molecule has 0 unspecified atom stereocenters. The number of hydrogen-bond acceptors (Lipinski definition) is 6. The molecule has 9 nitrogen and oxygen atoms in total. The molecule has 0 bridgehead atoms. The Morgan fingerprint density at radius 3 is 2.91 bits per heavy atom. The van der Waals surface area contributed by atoms with E-state index >= 15 is 0 Å². The van der Waals surface area contributed by atoms with Crippen molar-refractivity contribution >= 4 is 22.9 Å². The fourth-order valence-electron chi connectivity index (χ4n) is 2.12. The van der Waals surface area contributed by atoms with Crippen molar-refractivity contribution in [3.8, 4) is 0 Å². The van der Waals surface area contributed by atoms with Crippen LogP contribution in [-0.2, 0) is 6.54 Å². The first kappa shape index (κ1) is 14.4. The van der Waals surface area contributed by atoms with Gasteiger partial charge in [0, 0.05) is 17.8 Å². The maximum atomic E-state index is 12.1. The monoisotopic (exact) mass is 312 g/mol. The molecule has 3 aromatic rings. The van der Waals surface area contributed by atoms with E-state index in [1.165, 1.54) is 12.1 Å². The lowest BCUT2D eigenvalue weighted by Gasteiger charge is -2.05. The van der Waals surface area contributed by atoms with Crippen molar-refractivity contribution < 1.29 is 9.72 Å². The Labute approximate surface area is 129 Å². The minimum atomic E-state index is -0.627. The second kappa shape index (κ2) is 5.72. The number of amides is 1. The number of aromatic nitrogens is 3. The summed E-state index contributed by atoms with van der Waals surface area (Å²) in [5.41, 5.74) is 6.04. The minimum Gasteiger partial charge on any atom is -0.393 e. The van der Waals surface area contributed by atoms with E-state index in [0.29, 0.717) is 11.5 Å². The number of fused-ring (bicyclic) bond motifs is 1. The molecule has 2 aromatic heterocycles. The van der Waals surface area contributed by atoms with Crippen LogP contribution in [0.4, 0.5) is 11.4 Å². The molecule has 9 heteroatoms. The predicted octanol–water partition coefficient (Wildman–Crippen LogP) is 1.15. The number of pyridine rings is 1. The number of nitrogen functional groups attached to an aromatic ring is 1. The number of nitro groups is 1. The maximum absolute atomic E-state index is 12.1. The van der Waals surface area contributed by atoms with Crippen LogP contribution in [0.1, 0.15) is 16.2 Å². The summed E-state index contributed by atoms with van der Waals surface area (Å²) in [4.78, 5) is 22.4. The summed E-state index contributed by atoms with van der Waals surface area (Å²) in [7, 11) is 0. The molecule has 1 amide bonds. The van der Waals surface area contributed by atoms with Gasteiger partial charge in [0.2, 0.25) is 0 Å². The first-order valence-electron chi connectivity index (χ1n) is 6.67. The Bertz CT molecular complexity index is 904. The Balaban J connectivity index is 1.77. The number of nitrogens with zero attached hydrogens (tertiary/aromatic N) is 4. The molecule has 0 fully saturated rings. The van der Waals surface area contributed by atoms with Gasteiger partial charge in [-0.25, -0.2) is 0 Å². The summed E-state index contributed by atoms with van der Waals surface area (Å²) in [6.07, 6.45) is 1.78. The molecule has 0 saturated heterocycles. The van der Waals surface area contributed by atoms with Crippen LogP contribution in [0.5, 0.6) is 0 Å². The lowest BCUT2D eigenvalue weighted by molar-refractivity contribution is -0.383. The molecular formula is C14H12N6O3. The van der Waals surface area contributed by atoms with Crippen molar-refractivity contribution in [2.45, 2.75) is 6.54 Å². The van der Waals surface area contributed by atoms with E-state index in [4.69, 9.17) is 5.73 Å². The third-order valence-corrected chi connectivity index (χ3v) is 3.28. The van der Waals surface area contributed by atoms with Crippen molar-refractivity contribution in [1.29, 1.82) is 0 Å². The Morgan fingerprint density at radius 2 is 2.13 bits per heavy atom. The molecule has 2 heterocycles. The summed E-state index contributed by atoms with van der Waals surface area (Å²) in [6.45, 7) is 0.141. The average Bonchev–Trinajstić information content (AvgIpc) is 2.96. The van der Waals surface area contributed by atoms with E-state index in [1.54, 1.807) is 16.7 Å². The van der Waals surface area contributed by atoms with E-state index in [9.17, 15) is 14.9 Å². The molecule has 116 valence electrons. The van der Waals surface area contributed by atoms with Crippen molar-refractivity contribution in [2.24, 2.45) is 0 Å². The highest BCUT2D eigenvalue weighted by molar-refractivity contribution is 5.95. The minimum absolute atomic E-state index is 0.00926. The van der Waals surface area contributed by atoms with E-state index < -0.39 is 10.8 Å². The zero-order chi connectivity index (χ0) is 16.4. The normalized spacial score (nSPS) is 10.6. The second-order valence-corrected chi connectivity index (χ2v) is 4.76. The standard InChI is InChI=1S/C14H12N6O3/c15-10-5-4-9(7-11(10)20(22)23)14(21)16-8-13-18-17-12-3-1-2-6-19(12)13/h1-7H,8,15H2,(H,16,21). The van der Waals surface area contributed by atoms with Crippen LogP contribution in [0.3, 0.4) is 0 Å². The van der Waals surface area contributed by atoms with Crippen molar-refractivity contribution in [2.75, 3.05) is 5.73 Å². The quantitative estimate of drug-likeness (QED) is 0.422. The van der Waals surface area contributed by atoms with E-state index in [-0.39, 0.29) is 23.5 Å². The topological polar surface area (TPSA) is 128 Å². The van der Waals surface area contributed by atoms with Crippen molar-refractivity contribution in [3.63, 3.8) is 0 Å². The second-order valence-electron chi connectivity index (χ2n) is 4.76. The van der Waals surface area contributed by atoms with Gasteiger partial charge in [-0.2, -0.15) is 0 Å². The molecular weight excluding hydrogens is 300 g/mol. The molecule has 0 aliphatic heterocycles. The third-order valence-electron chi connectivity index (χ3n) is 3.28. The molecule has 0 saturated carbocycles. The number of rotatable bonds is 4. The molecule has 3 rings (SSSR count). The number of benzene rings is 1. The lowest BCUT2D eigenvalue weighted by atomic mass is 10.1. The average molecular weight is 312 g/mol. The van der Waals surface area contributed by atoms with Gasteiger partial charge in [0.1, 0.15) is 5.69 Å². The molecule has 3 N–H and O–H groups in total. The van der Waals surface area contributed by atoms with Gasteiger partial charge in [0.25, 0.3) is 11.6 Å². The van der Waals surface area contributed by atoms with Gasteiger partial charge in [0.15, 0.2) is 11.5 Å². The summed E-state index contributed by atoms with van der Waals surface area (Å²) < 4.78 is 1.74. The lowest BCUT2D eigenvalue weighted by Crippen LogP contribution is -2.24. The highest BCUT2D eigenvalue weighted by Gasteiger charge is 2.16. The maximum Gasteiger partial charge on any atom is 0.292 e. The number of nitrogens with two attached hydrogens (primary N) is 1. The van der Waals surface area contributed by atoms with Gasteiger partial charge >= 0.3 is 0 Å². The smallest absolute Gasteiger partial charge is 0.292 e. The molecule has 0 aliphatic rings. The third kappa shape index (κ3) is 2.79. The Kier molecular flexibility index (Phi) is 3.59. The van der Waals surface area contributed by atoms with Crippen molar-refractivity contribution in [3.05, 3.63) is 64.1 Å². The number of nitrogens with one attached hydrogen (secondary N) is 1. The Morgan fingerprint density at radius 1 is 1.30 bits per heavy atom. The predicted molar refractivity (Wildman–Crippen MR) is 81.7 cm³/mol. The zero-order valence-corrected chi connectivity index (χ0v) is 11.8. The largest absolute Gasteiger partial charge is 0.393 e. The summed E-state index contributed by atoms with van der Waals surface area (Å²) >= 11 is 0. The van der Waals surface area contributed by atoms with Crippen LogP contribution < -0.4 is 11.1 Å². The summed E-state index contributed by atoms with van der Waals surface area (Å²) in [6, 6.07) is 9.36. The van der Waals surface area contributed by atoms with Gasteiger partial charge in [-0.1, -0.05) is 6.07 Å². The zero-order valence-electron chi connectivity index (χ0n) is 11.8. The molecule has 0 aliphatic carbocycles. The van der Waals surface area contributed by atoms with E-state index in [2.05, 4.69) is 15.5 Å². The number of carbonyl (C=O) groups is 1. The molecule has 0 atom stereocenters. The fraction of sp³-hybridized carbons (Fsp3) is 0.0714. The van der Waals surface area contributed by atoms with Crippen molar-refractivity contribution in [1.82, 2.24) is 19.9 Å². The van der Waals surface area contributed by atoms with E-state index in [0.717, 1.165) is 6.07 Å². The van der Waals surface area contributed by atoms with Crippen LogP contribution in [0, 0.1) is 10.1 Å². The number of anilines is 1. The summed E-state index contributed by atoms with van der Waals surface area (Å²) in [5, 5.41) is 21.5. The van der Waals surface area contributed by atoms with E-state index in [1.807, 2.05) is 12.1 Å².